The van der Waals surface area contributed by atoms with Crippen LogP contribution in [0.5, 0.6) is 0 Å². The molecule has 6 nitrogen and oxygen atoms in total. The molecule has 1 aliphatic rings. The fraction of sp³-hybridized carbons (Fsp3) is 0.333. The molecular weight excluding hydrogens is 393 g/mol. The van der Waals surface area contributed by atoms with Gasteiger partial charge in [-0.1, -0.05) is 0 Å². The number of carbonyl (C=O) groups is 1. The summed E-state index contributed by atoms with van der Waals surface area (Å²) in [7, 11) is 0. The maximum Gasteiger partial charge on any atom is 0.150 e. The van der Waals surface area contributed by atoms with Crippen molar-refractivity contribution in [2.24, 2.45) is 0 Å². The molecule has 1 N–H and O–H groups in total. The minimum atomic E-state index is -0.814. The van der Waals surface area contributed by atoms with Crippen molar-refractivity contribution in [1.82, 2.24) is 20.3 Å². The predicted molar refractivity (Wildman–Crippen MR) is 120 cm³/mol. The predicted octanol–water partition coefficient (Wildman–Crippen LogP) is 3.69. The van der Waals surface area contributed by atoms with Crippen LogP contribution in [0.3, 0.4) is 0 Å². The van der Waals surface area contributed by atoms with E-state index in [4.69, 9.17) is 0 Å². The smallest absolute Gasteiger partial charge is 0.150 e. The number of hydrogen-bond donors (Lipinski definition) is 1. The van der Waals surface area contributed by atoms with Crippen LogP contribution in [0.15, 0.2) is 61.2 Å². The molecule has 0 radical (unpaired) electrons. The highest BCUT2D eigenvalue weighted by molar-refractivity contribution is 5.74. The molecule has 0 spiro atoms. The van der Waals surface area contributed by atoms with Gasteiger partial charge in [0.25, 0.3) is 0 Å². The molecule has 0 amide bonds. The molecule has 2 atom stereocenters. The van der Waals surface area contributed by atoms with Crippen molar-refractivity contribution in [2.75, 3.05) is 18.0 Å². The molecule has 0 bridgehead atoms. The molecule has 1 saturated heterocycles. The second kappa shape index (κ2) is 11.3. The summed E-state index contributed by atoms with van der Waals surface area (Å²) in [4.78, 5) is 24.4. The highest BCUT2D eigenvalue weighted by atomic mass is 19.1. The van der Waals surface area contributed by atoms with E-state index in [2.05, 4.69) is 31.2 Å². The van der Waals surface area contributed by atoms with Crippen molar-refractivity contribution in [3.8, 4) is 0 Å². The maximum absolute atomic E-state index is 14.0. The lowest BCUT2D eigenvalue weighted by Gasteiger charge is -2.36. The largest absolute Gasteiger partial charge is 0.366 e. The SMILES string of the molecule is Cc1cc(C=O)ccn1.Cc1cc(CN[C@H]2C[C@H](F)CN(c3cccnc3)C2)ccn1. The van der Waals surface area contributed by atoms with Crippen molar-refractivity contribution in [3.05, 3.63) is 83.7 Å². The van der Waals surface area contributed by atoms with Crippen LogP contribution < -0.4 is 10.2 Å². The Morgan fingerprint density at radius 1 is 1.10 bits per heavy atom. The number of aryl methyl sites for hydroxylation is 2. The molecule has 0 aliphatic carbocycles. The number of alkyl halides is 1. The van der Waals surface area contributed by atoms with Crippen molar-refractivity contribution >= 4 is 12.0 Å². The molecule has 3 aromatic heterocycles. The number of anilines is 1. The molecule has 0 aromatic carbocycles. The van der Waals surface area contributed by atoms with E-state index in [9.17, 15) is 9.18 Å². The average molecular weight is 422 g/mol. The molecule has 31 heavy (non-hydrogen) atoms. The highest BCUT2D eigenvalue weighted by Gasteiger charge is 2.27. The van der Waals surface area contributed by atoms with Gasteiger partial charge in [0.2, 0.25) is 0 Å². The monoisotopic (exact) mass is 421 g/mol. The zero-order valence-electron chi connectivity index (χ0n) is 17.9. The molecule has 0 saturated carbocycles. The third-order valence-corrected chi connectivity index (χ3v) is 5.02. The summed E-state index contributed by atoms with van der Waals surface area (Å²) < 4.78 is 14.0. The van der Waals surface area contributed by atoms with Gasteiger partial charge in [-0.05, 0) is 62.2 Å². The van der Waals surface area contributed by atoms with Gasteiger partial charge >= 0.3 is 0 Å². The van der Waals surface area contributed by atoms with Crippen molar-refractivity contribution in [2.45, 2.75) is 39.0 Å². The Morgan fingerprint density at radius 3 is 2.52 bits per heavy atom. The van der Waals surface area contributed by atoms with E-state index in [1.165, 1.54) is 5.56 Å². The lowest BCUT2D eigenvalue weighted by Crippen LogP contribution is -2.50. The number of nitrogens with one attached hydrogen (secondary N) is 1. The van der Waals surface area contributed by atoms with E-state index >= 15 is 0 Å². The number of aldehydes is 1. The van der Waals surface area contributed by atoms with Crippen molar-refractivity contribution in [1.29, 1.82) is 0 Å². The fourth-order valence-corrected chi connectivity index (χ4v) is 3.55. The molecule has 4 heterocycles. The first kappa shape index (κ1) is 22.5. The van der Waals surface area contributed by atoms with Crippen LogP contribution in [0.2, 0.25) is 0 Å². The maximum atomic E-state index is 14.0. The first-order chi connectivity index (χ1) is 15.0. The topological polar surface area (TPSA) is 71.0 Å². The summed E-state index contributed by atoms with van der Waals surface area (Å²) in [5.74, 6) is 0. The Morgan fingerprint density at radius 2 is 1.87 bits per heavy atom. The molecule has 0 unspecified atom stereocenters. The van der Waals surface area contributed by atoms with E-state index in [0.29, 0.717) is 18.5 Å². The number of hydrogen-bond acceptors (Lipinski definition) is 6. The standard InChI is InChI=1S/C17H21FN4.C7H7NO/c1-13-7-14(4-6-20-13)9-21-16-8-15(18)11-22(12-16)17-3-2-5-19-10-17;1-6-4-7(5-9)2-3-8-6/h2-7,10,15-16,21H,8-9,11-12H2,1H3;2-5H,1H3/t15-,16-;/m0./s1. The molecular formula is C24H28FN5O. The lowest BCUT2D eigenvalue weighted by molar-refractivity contribution is 0.112. The van der Waals surface area contributed by atoms with E-state index < -0.39 is 6.17 Å². The molecule has 1 fully saturated rings. The van der Waals surface area contributed by atoms with Gasteiger partial charge in [0.15, 0.2) is 0 Å². The quantitative estimate of drug-likeness (QED) is 0.634. The summed E-state index contributed by atoms with van der Waals surface area (Å²) in [5.41, 5.74) is 4.73. The second-order valence-electron chi connectivity index (χ2n) is 7.68. The Balaban J connectivity index is 0.000000254. The number of rotatable bonds is 5. The Bertz CT molecular complexity index is 969. The number of pyridine rings is 3. The first-order valence-electron chi connectivity index (χ1n) is 10.4. The van der Waals surface area contributed by atoms with E-state index in [1.807, 2.05) is 38.2 Å². The highest BCUT2D eigenvalue weighted by Crippen LogP contribution is 2.21. The summed E-state index contributed by atoms with van der Waals surface area (Å²) >= 11 is 0. The summed E-state index contributed by atoms with van der Waals surface area (Å²) in [6, 6.07) is 11.5. The van der Waals surface area contributed by atoms with Crippen LogP contribution in [-0.4, -0.2) is 46.5 Å². The van der Waals surface area contributed by atoms with Crippen LogP contribution in [0, 0.1) is 13.8 Å². The molecule has 1 aliphatic heterocycles. The van der Waals surface area contributed by atoms with Gasteiger partial charge < -0.3 is 10.2 Å². The van der Waals surface area contributed by atoms with Gasteiger partial charge in [-0.2, -0.15) is 0 Å². The van der Waals surface area contributed by atoms with Crippen molar-refractivity contribution in [3.63, 3.8) is 0 Å². The number of aromatic nitrogens is 3. The fourth-order valence-electron chi connectivity index (χ4n) is 3.55. The molecule has 7 heteroatoms. The number of carbonyl (C=O) groups excluding carboxylic acids is 1. The van der Waals surface area contributed by atoms with Gasteiger partial charge in [0, 0.05) is 61.2 Å². The summed E-state index contributed by atoms with van der Waals surface area (Å²) in [6.45, 7) is 5.81. The van der Waals surface area contributed by atoms with Gasteiger partial charge in [-0.25, -0.2) is 4.39 Å². The van der Waals surface area contributed by atoms with Crippen LogP contribution in [0.4, 0.5) is 10.1 Å². The van der Waals surface area contributed by atoms with Crippen LogP contribution in [-0.2, 0) is 6.54 Å². The van der Waals surface area contributed by atoms with Gasteiger partial charge in [0.1, 0.15) is 12.5 Å². The zero-order chi connectivity index (χ0) is 22.1. The zero-order valence-corrected chi connectivity index (χ0v) is 17.9. The summed E-state index contributed by atoms with van der Waals surface area (Å²) in [5, 5.41) is 3.47. The second-order valence-corrected chi connectivity index (χ2v) is 7.68. The Hall–Kier alpha value is -3.19. The first-order valence-corrected chi connectivity index (χ1v) is 10.4. The van der Waals surface area contributed by atoms with E-state index in [-0.39, 0.29) is 6.04 Å². The molecule has 162 valence electrons. The Kier molecular flexibility index (Phi) is 8.18. The van der Waals surface area contributed by atoms with E-state index in [1.54, 1.807) is 30.7 Å². The minimum absolute atomic E-state index is 0.137. The number of halogens is 1. The van der Waals surface area contributed by atoms with Crippen LogP contribution in [0.25, 0.3) is 0 Å². The number of nitrogens with zero attached hydrogens (tertiary/aromatic N) is 4. The van der Waals surface area contributed by atoms with Gasteiger partial charge in [0.05, 0.1) is 11.9 Å². The van der Waals surface area contributed by atoms with Gasteiger partial charge in [-0.3, -0.25) is 19.7 Å². The minimum Gasteiger partial charge on any atom is -0.366 e. The Labute approximate surface area is 182 Å². The third kappa shape index (κ3) is 7.22. The van der Waals surface area contributed by atoms with E-state index in [0.717, 1.165) is 36.5 Å². The normalized spacial score (nSPS) is 18.1. The van der Waals surface area contributed by atoms with Crippen molar-refractivity contribution < 1.29 is 9.18 Å². The average Bonchev–Trinajstić information content (AvgIpc) is 2.78. The lowest BCUT2D eigenvalue weighted by atomic mass is 10.0. The third-order valence-electron chi connectivity index (χ3n) is 5.02. The van der Waals surface area contributed by atoms with Crippen LogP contribution in [0.1, 0.15) is 33.7 Å². The summed E-state index contributed by atoms with van der Waals surface area (Å²) in [6.07, 6.45) is 7.52. The molecule has 3 aromatic rings. The number of piperidine rings is 1. The van der Waals surface area contributed by atoms with Crippen LogP contribution >= 0.6 is 0 Å². The molecule has 4 rings (SSSR count). The van der Waals surface area contributed by atoms with Gasteiger partial charge in [-0.15, -0.1) is 0 Å².